The van der Waals surface area contributed by atoms with Crippen LogP contribution in [-0.4, -0.2) is 50.7 Å². The number of carbonyl (C=O) groups is 1. The molecule has 1 fully saturated rings. The van der Waals surface area contributed by atoms with Gasteiger partial charge in [0, 0.05) is 45.5 Å². The van der Waals surface area contributed by atoms with Crippen molar-refractivity contribution in [3.05, 3.63) is 29.8 Å². The van der Waals surface area contributed by atoms with E-state index in [1.54, 1.807) is 7.05 Å². The highest BCUT2D eigenvalue weighted by Gasteiger charge is 2.09. The molecule has 19 heavy (non-hydrogen) atoms. The fraction of sp³-hybridized carbons (Fsp3) is 0.500. The highest BCUT2D eigenvalue weighted by Crippen LogP contribution is 2.14. The van der Waals surface area contributed by atoms with Crippen LogP contribution in [0.1, 0.15) is 5.56 Å². The summed E-state index contributed by atoms with van der Waals surface area (Å²) in [5.74, 6) is 0. The third-order valence-electron chi connectivity index (χ3n) is 3.58. The quantitative estimate of drug-likeness (QED) is 0.837. The van der Waals surface area contributed by atoms with Crippen molar-refractivity contribution in [1.29, 1.82) is 0 Å². The first-order valence-corrected chi connectivity index (χ1v) is 6.72. The van der Waals surface area contributed by atoms with Gasteiger partial charge in [0.1, 0.15) is 0 Å². The van der Waals surface area contributed by atoms with Gasteiger partial charge in [0.25, 0.3) is 0 Å². The Labute approximate surface area is 114 Å². The smallest absolute Gasteiger partial charge is 0.318 e. The van der Waals surface area contributed by atoms with E-state index in [2.05, 4.69) is 22.3 Å². The number of urea groups is 1. The average Bonchev–Trinajstić information content (AvgIpc) is 2.46. The minimum absolute atomic E-state index is 0.437. The number of piperazine rings is 1. The number of nitrogens with zero attached hydrogens (tertiary/aromatic N) is 2. The second kappa shape index (κ2) is 6.54. The SMILES string of the molecule is CN(C(N)=O)c1ccc(CCN2CCNCC2)cc1. The van der Waals surface area contributed by atoms with Crippen LogP contribution in [0.4, 0.5) is 10.5 Å². The molecular weight excluding hydrogens is 240 g/mol. The van der Waals surface area contributed by atoms with Crippen LogP contribution in [-0.2, 0) is 6.42 Å². The molecule has 2 amide bonds. The zero-order chi connectivity index (χ0) is 13.7. The average molecular weight is 262 g/mol. The Kier molecular flexibility index (Phi) is 4.76. The van der Waals surface area contributed by atoms with Gasteiger partial charge < -0.3 is 16.0 Å². The Bertz CT molecular complexity index is 412. The monoisotopic (exact) mass is 262 g/mol. The fourth-order valence-corrected chi connectivity index (χ4v) is 2.24. The van der Waals surface area contributed by atoms with Crippen molar-refractivity contribution in [2.24, 2.45) is 5.73 Å². The van der Waals surface area contributed by atoms with Crippen LogP contribution in [0.15, 0.2) is 24.3 Å². The molecule has 1 aliphatic rings. The number of hydrogen-bond acceptors (Lipinski definition) is 3. The van der Waals surface area contributed by atoms with Crippen LogP contribution >= 0.6 is 0 Å². The van der Waals surface area contributed by atoms with Gasteiger partial charge in [-0.15, -0.1) is 0 Å². The van der Waals surface area contributed by atoms with E-state index in [9.17, 15) is 4.79 Å². The maximum atomic E-state index is 11.1. The molecule has 3 N–H and O–H groups in total. The summed E-state index contributed by atoms with van der Waals surface area (Å²) in [7, 11) is 1.68. The largest absolute Gasteiger partial charge is 0.351 e. The topological polar surface area (TPSA) is 61.6 Å². The molecule has 1 saturated heterocycles. The second-order valence-corrected chi connectivity index (χ2v) is 4.91. The molecule has 0 unspecified atom stereocenters. The van der Waals surface area contributed by atoms with E-state index in [4.69, 9.17) is 5.73 Å². The lowest BCUT2D eigenvalue weighted by Gasteiger charge is -2.27. The molecule has 0 saturated carbocycles. The van der Waals surface area contributed by atoms with Gasteiger partial charge in [-0.3, -0.25) is 4.90 Å². The summed E-state index contributed by atoms with van der Waals surface area (Å²) in [4.78, 5) is 15.0. The van der Waals surface area contributed by atoms with Crippen LogP contribution in [0.3, 0.4) is 0 Å². The number of hydrogen-bond donors (Lipinski definition) is 2. The van der Waals surface area contributed by atoms with Crippen LogP contribution in [0.25, 0.3) is 0 Å². The molecule has 0 spiro atoms. The Morgan fingerprint density at radius 3 is 2.53 bits per heavy atom. The molecule has 1 aliphatic heterocycles. The van der Waals surface area contributed by atoms with Gasteiger partial charge in [-0.25, -0.2) is 4.79 Å². The Balaban J connectivity index is 1.86. The molecule has 0 aliphatic carbocycles. The van der Waals surface area contributed by atoms with Gasteiger partial charge in [-0.1, -0.05) is 12.1 Å². The summed E-state index contributed by atoms with van der Waals surface area (Å²) < 4.78 is 0. The number of rotatable bonds is 4. The second-order valence-electron chi connectivity index (χ2n) is 4.91. The molecule has 0 bridgehead atoms. The summed E-state index contributed by atoms with van der Waals surface area (Å²) in [6, 6.07) is 7.58. The molecule has 2 rings (SSSR count). The molecule has 0 aromatic heterocycles. The van der Waals surface area contributed by atoms with Crippen molar-refractivity contribution in [1.82, 2.24) is 10.2 Å². The predicted molar refractivity (Wildman–Crippen MR) is 77.4 cm³/mol. The lowest BCUT2D eigenvalue weighted by atomic mass is 10.1. The normalized spacial score (nSPS) is 16.3. The number of primary amides is 1. The van der Waals surface area contributed by atoms with E-state index in [0.717, 1.165) is 44.8 Å². The molecule has 0 atom stereocenters. The number of anilines is 1. The minimum Gasteiger partial charge on any atom is -0.351 e. The van der Waals surface area contributed by atoms with Gasteiger partial charge in [0.05, 0.1) is 0 Å². The number of nitrogens with one attached hydrogen (secondary N) is 1. The first-order valence-electron chi connectivity index (χ1n) is 6.72. The van der Waals surface area contributed by atoms with Crippen molar-refractivity contribution >= 4 is 11.7 Å². The Morgan fingerprint density at radius 1 is 1.32 bits per heavy atom. The summed E-state index contributed by atoms with van der Waals surface area (Å²) >= 11 is 0. The van der Waals surface area contributed by atoms with Crippen LogP contribution in [0, 0.1) is 0 Å². The molecule has 1 heterocycles. The molecule has 104 valence electrons. The van der Waals surface area contributed by atoms with Crippen LogP contribution in [0.5, 0.6) is 0 Å². The predicted octanol–water partition coefficient (Wildman–Crippen LogP) is 0.649. The van der Waals surface area contributed by atoms with Crippen LogP contribution < -0.4 is 16.0 Å². The zero-order valence-corrected chi connectivity index (χ0v) is 11.4. The lowest BCUT2D eigenvalue weighted by Crippen LogP contribution is -2.44. The minimum atomic E-state index is -0.437. The van der Waals surface area contributed by atoms with Crippen molar-refractivity contribution in [2.45, 2.75) is 6.42 Å². The van der Waals surface area contributed by atoms with Crippen molar-refractivity contribution in [3.63, 3.8) is 0 Å². The number of benzene rings is 1. The van der Waals surface area contributed by atoms with Crippen molar-refractivity contribution in [3.8, 4) is 0 Å². The summed E-state index contributed by atoms with van der Waals surface area (Å²) in [5.41, 5.74) is 7.36. The van der Waals surface area contributed by atoms with E-state index in [0.29, 0.717) is 0 Å². The van der Waals surface area contributed by atoms with Gasteiger partial charge in [-0.2, -0.15) is 0 Å². The third kappa shape index (κ3) is 3.94. The molecule has 5 heteroatoms. The van der Waals surface area contributed by atoms with Gasteiger partial charge in [-0.05, 0) is 24.1 Å². The summed E-state index contributed by atoms with van der Waals surface area (Å²) in [6.07, 6.45) is 1.04. The summed E-state index contributed by atoms with van der Waals surface area (Å²) in [5, 5.41) is 3.35. The van der Waals surface area contributed by atoms with E-state index in [1.165, 1.54) is 10.5 Å². The number of carbonyl (C=O) groups excluding carboxylic acids is 1. The lowest BCUT2D eigenvalue weighted by molar-refractivity contribution is 0.244. The molecule has 5 nitrogen and oxygen atoms in total. The standard InChI is InChI=1S/C14H22N4O/c1-17(14(15)19)13-4-2-12(3-5-13)6-9-18-10-7-16-8-11-18/h2-5,16H,6-11H2,1H3,(H2,15,19). The third-order valence-corrected chi connectivity index (χ3v) is 3.58. The van der Waals surface area contributed by atoms with E-state index in [-0.39, 0.29) is 0 Å². The Morgan fingerprint density at radius 2 is 1.95 bits per heavy atom. The first-order chi connectivity index (χ1) is 9.16. The van der Waals surface area contributed by atoms with Crippen molar-refractivity contribution < 1.29 is 4.79 Å². The zero-order valence-electron chi connectivity index (χ0n) is 11.4. The van der Waals surface area contributed by atoms with Gasteiger partial charge in [0.15, 0.2) is 0 Å². The molecule has 1 aromatic carbocycles. The molecule has 0 radical (unpaired) electrons. The van der Waals surface area contributed by atoms with E-state index < -0.39 is 6.03 Å². The molecule has 1 aromatic rings. The van der Waals surface area contributed by atoms with Crippen LogP contribution in [0.2, 0.25) is 0 Å². The summed E-state index contributed by atoms with van der Waals surface area (Å²) in [6.45, 7) is 5.52. The number of amides is 2. The number of nitrogens with two attached hydrogens (primary N) is 1. The van der Waals surface area contributed by atoms with E-state index >= 15 is 0 Å². The van der Waals surface area contributed by atoms with Crippen molar-refractivity contribution in [2.75, 3.05) is 44.7 Å². The van der Waals surface area contributed by atoms with Gasteiger partial charge >= 0.3 is 6.03 Å². The fourth-order valence-electron chi connectivity index (χ4n) is 2.24. The van der Waals surface area contributed by atoms with Gasteiger partial charge in [0.2, 0.25) is 0 Å². The maximum absolute atomic E-state index is 11.1. The highest BCUT2D eigenvalue weighted by molar-refractivity contribution is 5.89. The Hall–Kier alpha value is -1.59. The van der Waals surface area contributed by atoms with E-state index in [1.807, 2.05) is 12.1 Å². The first kappa shape index (κ1) is 13.8. The molecular formula is C14H22N4O. The maximum Gasteiger partial charge on any atom is 0.318 e. The highest BCUT2D eigenvalue weighted by atomic mass is 16.2.